The van der Waals surface area contributed by atoms with Gasteiger partial charge in [-0.15, -0.1) is 0 Å². The summed E-state index contributed by atoms with van der Waals surface area (Å²) in [5.74, 6) is 0.00195. The molecule has 1 aliphatic carbocycles. The molecule has 1 atom stereocenters. The normalized spacial score (nSPS) is 24.1. The molecule has 0 bridgehead atoms. The van der Waals surface area contributed by atoms with E-state index >= 15 is 0 Å². The maximum Gasteiger partial charge on any atom is 0.243 e. The van der Waals surface area contributed by atoms with Crippen LogP contribution >= 0.6 is 11.6 Å². The fourth-order valence-corrected chi connectivity index (χ4v) is 5.86. The lowest BCUT2D eigenvalue weighted by Gasteiger charge is -2.33. The molecule has 0 spiro atoms. The Morgan fingerprint density at radius 3 is 2.55 bits per heavy atom. The molecular formula is C20H26ClN3O4S. The monoisotopic (exact) mass is 439 g/mol. The van der Waals surface area contributed by atoms with Crippen LogP contribution in [0.25, 0.3) is 0 Å². The number of hydrogen-bond donors (Lipinski definition) is 1. The molecule has 1 unspecified atom stereocenters. The van der Waals surface area contributed by atoms with Gasteiger partial charge in [0.2, 0.25) is 21.8 Å². The number of carbonyl (C=O) groups is 2. The molecule has 3 aliphatic rings. The van der Waals surface area contributed by atoms with E-state index in [1.165, 1.54) is 10.4 Å². The highest BCUT2D eigenvalue weighted by atomic mass is 35.5. The third-order valence-electron chi connectivity index (χ3n) is 5.99. The summed E-state index contributed by atoms with van der Waals surface area (Å²) >= 11 is 5.94. The van der Waals surface area contributed by atoms with Crippen LogP contribution in [0.1, 0.15) is 32.1 Å². The molecule has 1 N–H and O–H groups in total. The standard InChI is InChI=1S/C20H26ClN3O4S/c21-16-2-1-3-18(11-16)29(27,28)24-8-6-14(7-9-24)12-23-13-15(10-19(23)25)20(26)22-17-4-5-17/h1-3,11,14-15,17H,4-10,12-13H2,(H,22,26). The highest BCUT2D eigenvalue weighted by molar-refractivity contribution is 7.89. The molecule has 9 heteroatoms. The molecule has 158 valence electrons. The van der Waals surface area contributed by atoms with Gasteiger partial charge in [-0.3, -0.25) is 9.59 Å². The minimum absolute atomic E-state index is 0.00853. The topological polar surface area (TPSA) is 86.8 Å². The van der Waals surface area contributed by atoms with Gasteiger partial charge in [0.1, 0.15) is 0 Å². The van der Waals surface area contributed by atoms with Crippen molar-refractivity contribution in [1.82, 2.24) is 14.5 Å². The number of amides is 2. The number of likely N-dealkylation sites (tertiary alicyclic amines) is 1. The predicted molar refractivity (Wildman–Crippen MR) is 109 cm³/mol. The van der Waals surface area contributed by atoms with Gasteiger partial charge in [0, 0.05) is 43.7 Å². The van der Waals surface area contributed by atoms with Crippen LogP contribution < -0.4 is 5.32 Å². The maximum atomic E-state index is 12.8. The first-order valence-electron chi connectivity index (χ1n) is 10.2. The predicted octanol–water partition coefficient (Wildman–Crippen LogP) is 1.87. The Hall–Kier alpha value is -1.64. The summed E-state index contributed by atoms with van der Waals surface area (Å²) in [5, 5.41) is 3.38. The summed E-state index contributed by atoms with van der Waals surface area (Å²) in [6.45, 7) is 1.91. The minimum Gasteiger partial charge on any atom is -0.353 e. The van der Waals surface area contributed by atoms with Crippen LogP contribution in [-0.4, -0.2) is 61.7 Å². The molecule has 1 saturated carbocycles. The molecule has 2 heterocycles. The molecule has 2 aliphatic heterocycles. The third-order valence-corrected chi connectivity index (χ3v) is 8.12. The fourth-order valence-electron chi connectivity index (χ4n) is 4.09. The highest BCUT2D eigenvalue weighted by Gasteiger charge is 2.38. The van der Waals surface area contributed by atoms with E-state index in [9.17, 15) is 18.0 Å². The van der Waals surface area contributed by atoms with Crippen LogP contribution in [0.4, 0.5) is 0 Å². The highest BCUT2D eigenvalue weighted by Crippen LogP contribution is 2.28. The molecule has 7 nitrogen and oxygen atoms in total. The van der Waals surface area contributed by atoms with Crippen molar-refractivity contribution >= 4 is 33.4 Å². The molecule has 0 aromatic heterocycles. The second-order valence-electron chi connectivity index (χ2n) is 8.29. The van der Waals surface area contributed by atoms with Crippen molar-refractivity contribution in [2.45, 2.75) is 43.0 Å². The summed E-state index contributed by atoms with van der Waals surface area (Å²) in [7, 11) is -3.56. The van der Waals surface area contributed by atoms with E-state index in [0.29, 0.717) is 50.1 Å². The van der Waals surface area contributed by atoms with Crippen molar-refractivity contribution in [3.63, 3.8) is 0 Å². The van der Waals surface area contributed by atoms with Gasteiger partial charge < -0.3 is 10.2 Å². The Labute approximate surface area is 176 Å². The zero-order valence-electron chi connectivity index (χ0n) is 16.2. The van der Waals surface area contributed by atoms with Crippen LogP contribution in [0, 0.1) is 11.8 Å². The van der Waals surface area contributed by atoms with Crippen LogP contribution in [-0.2, 0) is 19.6 Å². The first-order chi connectivity index (χ1) is 13.8. The van der Waals surface area contributed by atoms with Crippen LogP contribution in [0.3, 0.4) is 0 Å². The van der Waals surface area contributed by atoms with Crippen molar-refractivity contribution < 1.29 is 18.0 Å². The van der Waals surface area contributed by atoms with Crippen LogP contribution in [0.5, 0.6) is 0 Å². The average Bonchev–Trinajstić information content (AvgIpc) is 3.43. The Bertz CT molecular complexity index is 895. The SMILES string of the molecule is O=C(NC1CC1)C1CC(=O)N(CC2CCN(S(=O)(=O)c3cccc(Cl)c3)CC2)C1. The fraction of sp³-hybridized carbons (Fsp3) is 0.600. The molecule has 1 aromatic rings. The summed E-state index contributed by atoms with van der Waals surface area (Å²) < 4.78 is 27.1. The number of benzene rings is 1. The molecule has 29 heavy (non-hydrogen) atoms. The van der Waals surface area contributed by atoms with Crippen molar-refractivity contribution in [2.75, 3.05) is 26.2 Å². The van der Waals surface area contributed by atoms with E-state index in [4.69, 9.17) is 11.6 Å². The number of nitrogens with zero attached hydrogens (tertiary/aromatic N) is 2. The quantitative estimate of drug-likeness (QED) is 0.733. The van der Waals surface area contributed by atoms with E-state index in [-0.39, 0.29) is 35.0 Å². The number of halogens is 1. The zero-order valence-corrected chi connectivity index (χ0v) is 17.8. The van der Waals surface area contributed by atoms with E-state index in [1.807, 2.05) is 0 Å². The Balaban J connectivity index is 1.29. The summed E-state index contributed by atoms with van der Waals surface area (Å²) in [6.07, 6.45) is 3.74. The Morgan fingerprint density at radius 2 is 1.90 bits per heavy atom. The molecular weight excluding hydrogens is 414 g/mol. The van der Waals surface area contributed by atoms with Crippen molar-refractivity contribution in [3.05, 3.63) is 29.3 Å². The van der Waals surface area contributed by atoms with Gasteiger partial charge in [0.05, 0.1) is 10.8 Å². The van der Waals surface area contributed by atoms with Crippen molar-refractivity contribution in [3.8, 4) is 0 Å². The third kappa shape index (κ3) is 4.75. The van der Waals surface area contributed by atoms with Crippen LogP contribution in [0.2, 0.25) is 5.02 Å². The zero-order chi connectivity index (χ0) is 20.6. The first-order valence-corrected chi connectivity index (χ1v) is 12.0. The van der Waals surface area contributed by atoms with Gasteiger partial charge >= 0.3 is 0 Å². The second kappa shape index (κ2) is 8.24. The Morgan fingerprint density at radius 1 is 1.17 bits per heavy atom. The van der Waals surface area contributed by atoms with Crippen LogP contribution in [0.15, 0.2) is 29.2 Å². The number of hydrogen-bond acceptors (Lipinski definition) is 4. The lowest BCUT2D eigenvalue weighted by Crippen LogP contribution is -2.42. The molecule has 2 amide bonds. The smallest absolute Gasteiger partial charge is 0.243 e. The van der Waals surface area contributed by atoms with Gasteiger partial charge in [-0.1, -0.05) is 17.7 Å². The van der Waals surface area contributed by atoms with E-state index in [1.54, 1.807) is 23.1 Å². The average molecular weight is 440 g/mol. The molecule has 1 aromatic carbocycles. The second-order valence-corrected chi connectivity index (χ2v) is 10.7. The largest absolute Gasteiger partial charge is 0.353 e. The summed E-state index contributed by atoms with van der Waals surface area (Å²) in [5.41, 5.74) is 0. The number of rotatable bonds is 6. The van der Waals surface area contributed by atoms with Gasteiger partial charge in [0.15, 0.2) is 0 Å². The number of carbonyl (C=O) groups excluding carboxylic acids is 2. The lowest BCUT2D eigenvalue weighted by atomic mass is 9.97. The number of piperidine rings is 1. The van der Waals surface area contributed by atoms with E-state index in [0.717, 1.165) is 12.8 Å². The van der Waals surface area contributed by atoms with Gasteiger partial charge in [-0.25, -0.2) is 8.42 Å². The summed E-state index contributed by atoms with van der Waals surface area (Å²) in [6, 6.07) is 6.62. The van der Waals surface area contributed by atoms with Gasteiger partial charge in [-0.05, 0) is 49.8 Å². The first kappa shape index (κ1) is 20.6. The van der Waals surface area contributed by atoms with Gasteiger partial charge in [-0.2, -0.15) is 4.31 Å². The molecule has 3 fully saturated rings. The lowest BCUT2D eigenvalue weighted by molar-refractivity contribution is -0.129. The van der Waals surface area contributed by atoms with Crippen molar-refractivity contribution in [2.24, 2.45) is 11.8 Å². The van der Waals surface area contributed by atoms with E-state index < -0.39 is 10.0 Å². The van der Waals surface area contributed by atoms with Crippen molar-refractivity contribution in [1.29, 1.82) is 0 Å². The summed E-state index contributed by atoms with van der Waals surface area (Å²) in [4.78, 5) is 26.5. The number of nitrogens with one attached hydrogen (secondary N) is 1. The maximum absolute atomic E-state index is 12.8. The molecule has 2 saturated heterocycles. The molecule has 4 rings (SSSR count). The van der Waals surface area contributed by atoms with E-state index in [2.05, 4.69) is 5.32 Å². The number of sulfonamides is 1. The molecule has 0 radical (unpaired) electrons. The minimum atomic E-state index is -3.56. The Kier molecular flexibility index (Phi) is 5.86. The van der Waals surface area contributed by atoms with Gasteiger partial charge in [0.25, 0.3) is 0 Å².